The van der Waals surface area contributed by atoms with Crippen LogP contribution in [0.25, 0.3) is 11.0 Å². The monoisotopic (exact) mass is 393 g/mol. The van der Waals surface area contributed by atoms with Crippen LogP contribution in [0.5, 0.6) is 0 Å². The molecule has 2 N–H and O–H groups in total. The van der Waals surface area contributed by atoms with E-state index in [1.807, 2.05) is 11.5 Å². The molecule has 0 bridgehead atoms. The molecule has 9 heteroatoms. The van der Waals surface area contributed by atoms with Gasteiger partial charge in [-0.3, -0.25) is 4.79 Å². The number of carboxylic acids is 1. The van der Waals surface area contributed by atoms with E-state index >= 15 is 0 Å². The Morgan fingerprint density at radius 2 is 2.04 bits per heavy atom. The van der Waals surface area contributed by atoms with Crippen LogP contribution < -0.4 is 5.32 Å². The molecule has 0 unspecified atom stereocenters. The zero-order valence-electron chi connectivity index (χ0n) is 15.5. The van der Waals surface area contributed by atoms with Crippen molar-refractivity contribution in [2.75, 3.05) is 11.5 Å². The maximum atomic E-state index is 12.5. The van der Waals surface area contributed by atoms with Crippen molar-refractivity contribution >= 4 is 32.7 Å². The lowest BCUT2D eigenvalue weighted by Gasteiger charge is -2.18. The predicted molar refractivity (Wildman–Crippen MR) is 101 cm³/mol. The highest BCUT2D eigenvalue weighted by Gasteiger charge is 2.31. The van der Waals surface area contributed by atoms with Gasteiger partial charge in [0, 0.05) is 5.56 Å². The lowest BCUT2D eigenvalue weighted by atomic mass is 10.0. The smallest absolute Gasteiger partial charge is 0.326 e. The molecule has 2 aromatic rings. The van der Waals surface area contributed by atoms with Crippen molar-refractivity contribution in [1.82, 2.24) is 14.9 Å². The Hall–Kier alpha value is -2.42. The minimum Gasteiger partial charge on any atom is -0.480 e. The number of aliphatic carboxylic acids is 1. The number of imidazole rings is 1. The number of nitrogens with one attached hydrogen (secondary N) is 1. The lowest BCUT2D eigenvalue weighted by Crippen LogP contribution is -2.44. The third-order valence-electron chi connectivity index (χ3n) is 4.92. The summed E-state index contributed by atoms with van der Waals surface area (Å²) >= 11 is 0. The molecule has 0 spiro atoms. The number of carbonyl (C=O) groups excluding carboxylic acids is 1. The molecule has 0 aliphatic carbocycles. The summed E-state index contributed by atoms with van der Waals surface area (Å²) in [5, 5.41) is 11.8. The molecule has 1 aliphatic rings. The number of hydrogen-bond donors (Lipinski definition) is 2. The fourth-order valence-electron chi connectivity index (χ4n) is 3.54. The van der Waals surface area contributed by atoms with Crippen molar-refractivity contribution in [3.63, 3.8) is 0 Å². The van der Waals surface area contributed by atoms with E-state index in [4.69, 9.17) is 0 Å². The number of sulfone groups is 1. The van der Waals surface area contributed by atoms with E-state index in [1.165, 1.54) is 0 Å². The van der Waals surface area contributed by atoms with Gasteiger partial charge >= 0.3 is 5.97 Å². The first-order valence-corrected chi connectivity index (χ1v) is 10.6. The Bertz CT molecular complexity index is 1010. The number of benzene rings is 1. The van der Waals surface area contributed by atoms with Crippen molar-refractivity contribution in [3.8, 4) is 0 Å². The van der Waals surface area contributed by atoms with Crippen LogP contribution in [0.2, 0.25) is 0 Å². The Kier molecular flexibility index (Phi) is 4.98. The van der Waals surface area contributed by atoms with Crippen molar-refractivity contribution in [1.29, 1.82) is 0 Å². The summed E-state index contributed by atoms with van der Waals surface area (Å²) < 4.78 is 25.5. The van der Waals surface area contributed by atoms with E-state index in [-0.39, 0.29) is 23.5 Å². The number of carbonyl (C=O) groups is 2. The Labute approximate surface area is 157 Å². The SMILES string of the molecule is Cc1nc2cc(C(=O)N[C@H](C(=O)O)C(C)C)ccc2n1[C@H]1CCS(=O)(=O)C1. The molecule has 8 nitrogen and oxygen atoms in total. The van der Waals surface area contributed by atoms with Crippen LogP contribution in [0.15, 0.2) is 18.2 Å². The number of rotatable bonds is 5. The molecule has 3 rings (SSSR count). The topological polar surface area (TPSA) is 118 Å². The second-order valence-electron chi connectivity index (χ2n) is 7.32. The van der Waals surface area contributed by atoms with E-state index < -0.39 is 27.8 Å². The molecule has 0 radical (unpaired) electrons. The zero-order valence-corrected chi connectivity index (χ0v) is 16.3. The summed E-state index contributed by atoms with van der Waals surface area (Å²) in [4.78, 5) is 28.2. The highest BCUT2D eigenvalue weighted by atomic mass is 32.2. The molecule has 27 heavy (non-hydrogen) atoms. The van der Waals surface area contributed by atoms with Gasteiger partial charge in [-0.1, -0.05) is 13.8 Å². The van der Waals surface area contributed by atoms with Gasteiger partial charge in [0.1, 0.15) is 11.9 Å². The molecule has 1 amide bonds. The van der Waals surface area contributed by atoms with E-state index in [0.717, 1.165) is 5.52 Å². The van der Waals surface area contributed by atoms with Gasteiger partial charge in [0.25, 0.3) is 5.91 Å². The largest absolute Gasteiger partial charge is 0.480 e. The first-order valence-electron chi connectivity index (χ1n) is 8.82. The van der Waals surface area contributed by atoms with E-state index in [2.05, 4.69) is 10.3 Å². The van der Waals surface area contributed by atoms with Gasteiger partial charge in [-0.15, -0.1) is 0 Å². The summed E-state index contributed by atoms with van der Waals surface area (Å²) in [5.41, 5.74) is 1.67. The minimum absolute atomic E-state index is 0.0935. The van der Waals surface area contributed by atoms with Crippen molar-refractivity contribution < 1.29 is 23.1 Å². The number of aromatic nitrogens is 2. The van der Waals surface area contributed by atoms with Gasteiger partial charge in [0.05, 0.1) is 28.6 Å². The second-order valence-corrected chi connectivity index (χ2v) is 9.55. The molecule has 2 heterocycles. The van der Waals surface area contributed by atoms with Crippen molar-refractivity contribution in [3.05, 3.63) is 29.6 Å². The van der Waals surface area contributed by atoms with Gasteiger partial charge in [0.2, 0.25) is 0 Å². The highest BCUT2D eigenvalue weighted by molar-refractivity contribution is 7.91. The maximum Gasteiger partial charge on any atom is 0.326 e. The third-order valence-corrected chi connectivity index (χ3v) is 6.67. The average molecular weight is 393 g/mol. The molecule has 1 aromatic heterocycles. The van der Waals surface area contributed by atoms with E-state index in [0.29, 0.717) is 23.3 Å². The van der Waals surface area contributed by atoms with Gasteiger partial charge < -0.3 is 15.0 Å². The quantitative estimate of drug-likeness (QED) is 0.795. The van der Waals surface area contributed by atoms with Crippen LogP contribution in [-0.4, -0.2) is 52.5 Å². The third kappa shape index (κ3) is 3.83. The first kappa shape index (κ1) is 19.3. The molecule has 0 saturated carbocycles. The van der Waals surface area contributed by atoms with Crippen LogP contribution in [0.3, 0.4) is 0 Å². The van der Waals surface area contributed by atoms with E-state index in [1.54, 1.807) is 32.0 Å². The number of amides is 1. The number of fused-ring (bicyclic) bond motifs is 1. The van der Waals surface area contributed by atoms with Crippen molar-refractivity contribution in [2.24, 2.45) is 5.92 Å². The van der Waals surface area contributed by atoms with Gasteiger partial charge in [-0.05, 0) is 37.5 Å². The highest BCUT2D eigenvalue weighted by Crippen LogP contribution is 2.29. The average Bonchev–Trinajstić information content (AvgIpc) is 3.08. The Morgan fingerprint density at radius 3 is 2.59 bits per heavy atom. The molecular weight excluding hydrogens is 370 g/mol. The number of aryl methyl sites for hydroxylation is 1. The zero-order chi connectivity index (χ0) is 19.9. The van der Waals surface area contributed by atoms with Crippen molar-refractivity contribution in [2.45, 2.75) is 39.3 Å². The molecule has 146 valence electrons. The Morgan fingerprint density at radius 1 is 1.33 bits per heavy atom. The fourth-order valence-corrected chi connectivity index (χ4v) is 5.24. The summed E-state index contributed by atoms with van der Waals surface area (Å²) in [6.45, 7) is 5.26. The summed E-state index contributed by atoms with van der Waals surface area (Å²) in [6, 6.07) is 3.82. The molecule has 1 aromatic carbocycles. The summed E-state index contributed by atoms with van der Waals surface area (Å²) in [6.07, 6.45) is 0.547. The Balaban J connectivity index is 1.91. The van der Waals surface area contributed by atoms with Crippen LogP contribution in [0.4, 0.5) is 0 Å². The summed E-state index contributed by atoms with van der Waals surface area (Å²) in [5.74, 6) is -0.856. The number of nitrogens with zero attached hydrogens (tertiary/aromatic N) is 2. The fraction of sp³-hybridized carbons (Fsp3) is 0.500. The normalized spacial score (nSPS) is 20.1. The lowest BCUT2D eigenvalue weighted by molar-refractivity contribution is -0.140. The standard InChI is InChI=1S/C18H23N3O5S/c1-10(2)16(18(23)24)20-17(22)12-4-5-15-14(8-12)19-11(3)21(15)13-6-7-27(25,26)9-13/h4-5,8,10,13,16H,6-7,9H2,1-3H3,(H,20,22)(H,23,24)/t13-,16-/m0/s1. The molecule has 2 atom stereocenters. The molecule has 1 fully saturated rings. The minimum atomic E-state index is -3.03. The molecule has 1 saturated heterocycles. The van der Waals surface area contributed by atoms with Crippen LogP contribution >= 0.6 is 0 Å². The van der Waals surface area contributed by atoms with Crippen LogP contribution in [0, 0.1) is 12.8 Å². The maximum absolute atomic E-state index is 12.5. The first-order chi connectivity index (χ1) is 12.6. The summed E-state index contributed by atoms with van der Waals surface area (Å²) in [7, 11) is -3.03. The predicted octanol–water partition coefficient (Wildman–Crippen LogP) is 1.54. The van der Waals surface area contributed by atoms with E-state index in [9.17, 15) is 23.1 Å². The van der Waals surface area contributed by atoms with Crippen LogP contribution in [0.1, 0.15) is 42.5 Å². The number of hydrogen-bond acceptors (Lipinski definition) is 5. The van der Waals surface area contributed by atoms with Crippen LogP contribution in [-0.2, 0) is 14.6 Å². The second kappa shape index (κ2) is 6.95. The number of carboxylic acid groups (broad SMARTS) is 1. The molecular formula is C18H23N3O5S. The molecule has 1 aliphatic heterocycles. The van der Waals surface area contributed by atoms with Gasteiger partial charge in [-0.25, -0.2) is 18.2 Å². The van der Waals surface area contributed by atoms with Gasteiger partial charge in [-0.2, -0.15) is 0 Å². The van der Waals surface area contributed by atoms with Gasteiger partial charge in [0.15, 0.2) is 9.84 Å².